The molecule has 7 heteroatoms. The third-order valence-corrected chi connectivity index (χ3v) is 3.80. The summed E-state index contributed by atoms with van der Waals surface area (Å²) in [6.45, 7) is 5.56. The van der Waals surface area contributed by atoms with E-state index in [1.807, 2.05) is 19.9 Å². The Morgan fingerprint density at radius 1 is 1.29 bits per heavy atom. The number of amides is 1. The Morgan fingerprint density at radius 3 is 2.71 bits per heavy atom. The number of carbonyl (C=O) groups excluding carboxylic acids is 1. The van der Waals surface area contributed by atoms with Crippen LogP contribution in [-0.4, -0.2) is 21.0 Å². The minimum absolute atomic E-state index is 0.0216. The van der Waals surface area contributed by atoms with Gasteiger partial charge in [-0.25, -0.2) is 0 Å². The molecule has 0 unspecified atom stereocenters. The van der Waals surface area contributed by atoms with Crippen molar-refractivity contribution in [1.82, 2.24) is 20.4 Å². The molecule has 124 valence electrons. The van der Waals surface area contributed by atoms with Crippen LogP contribution in [0.25, 0.3) is 10.9 Å². The predicted octanol–water partition coefficient (Wildman–Crippen LogP) is 2.35. The lowest BCUT2D eigenvalue weighted by molar-refractivity contribution is 0.0912. The molecule has 7 nitrogen and oxygen atoms in total. The highest BCUT2D eigenvalue weighted by Gasteiger charge is 2.25. The number of benzene rings is 1. The second-order valence-corrected chi connectivity index (χ2v) is 5.95. The van der Waals surface area contributed by atoms with Crippen LogP contribution in [0.4, 0.5) is 0 Å². The van der Waals surface area contributed by atoms with Gasteiger partial charge in [-0.1, -0.05) is 31.1 Å². The van der Waals surface area contributed by atoms with E-state index in [4.69, 9.17) is 4.52 Å². The molecule has 0 aliphatic rings. The molecule has 0 aliphatic heterocycles. The van der Waals surface area contributed by atoms with Crippen LogP contribution in [0.15, 0.2) is 39.8 Å². The van der Waals surface area contributed by atoms with Crippen molar-refractivity contribution in [3.05, 3.63) is 58.0 Å². The second-order valence-electron chi connectivity index (χ2n) is 5.95. The Kier molecular flexibility index (Phi) is 4.16. The quantitative estimate of drug-likeness (QED) is 0.766. The van der Waals surface area contributed by atoms with E-state index >= 15 is 0 Å². The van der Waals surface area contributed by atoms with E-state index in [-0.39, 0.29) is 16.9 Å². The number of para-hydroxylation sites is 1. The van der Waals surface area contributed by atoms with Gasteiger partial charge in [0.1, 0.15) is 11.6 Å². The molecule has 3 rings (SSSR count). The van der Waals surface area contributed by atoms with Crippen LogP contribution in [0.1, 0.15) is 42.0 Å². The third-order valence-electron chi connectivity index (χ3n) is 3.80. The number of aromatic amines is 1. The number of rotatable bonds is 4. The maximum atomic E-state index is 12.6. The lowest BCUT2D eigenvalue weighted by Crippen LogP contribution is -2.35. The number of aromatic nitrogens is 3. The number of H-pyrrole nitrogens is 1. The van der Waals surface area contributed by atoms with Crippen molar-refractivity contribution in [3.8, 4) is 0 Å². The van der Waals surface area contributed by atoms with E-state index < -0.39 is 11.9 Å². The first-order valence-electron chi connectivity index (χ1n) is 7.69. The van der Waals surface area contributed by atoms with E-state index in [1.54, 1.807) is 25.1 Å². The van der Waals surface area contributed by atoms with Gasteiger partial charge in [-0.2, -0.15) is 4.98 Å². The van der Waals surface area contributed by atoms with Crippen LogP contribution in [0.3, 0.4) is 0 Å². The summed E-state index contributed by atoms with van der Waals surface area (Å²) >= 11 is 0. The molecule has 1 amide bonds. The molecule has 24 heavy (non-hydrogen) atoms. The average molecular weight is 326 g/mol. The van der Waals surface area contributed by atoms with E-state index in [1.165, 1.54) is 6.20 Å². The van der Waals surface area contributed by atoms with Crippen molar-refractivity contribution in [2.24, 2.45) is 5.92 Å². The zero-order valence-electron chi connectivity index (χ0n) is 13.7. The minimum Gasteiger partial charge on any atom is -0.360 e. The van der Waals surface area contributed by atoms with Gasteiger partial charge in [0.15, 0.2) is 5.82 Å². The van der Waals surface area contributed by atoms with Crippen LogP contribution >= 0.6 is 0 Å². The fraction of sp³-hybridized carbons (Fsp3) is 0.294. The summed E-state index contributed by atoms with van der Waals surface area (Å²) in [7, 11) is 0. The van der Waals surface area contributed by atoms with Crippen molar-refractivity contribution >= 4 is 16.8 Å². The fourth-order valence-electron chi connectivity index (χ4n) is 2.51. The molecule has 0 saturated carbocycles. The average Bonchev–Trinajstić information content (AvgIpc) is 2.98. The highest BCUT2D eigenvalue weighted by molar-refractivity contribution is 5.97. The Hall–Kier alpha value is -2.96. The lowest BCUT2D eigenvalue weighted by Gasteiger charge is -2.18. The molecule has 1 aromatic carbocycles. The SMILES string of the molecule is Cc1noc([C@H](NC(=O)c2c[nH]c3ccccc3c2=O)C(C)C)n1. The van der Waals surface area contributed by atoms with Crippen molar-refractivity contribution in [2.45, 2.75) is 26.8 Å². The molecule has 0 fully saturated rings. The maximum Gasteiger partial charge on any atom is 0.257 e. The normalized spacial score (nSPS) is 12.5. The maximum absolute atomic E-state index is 12.6. The summed E-state index contributed by atoms with van der Waals surface area (Å²) in [4.78, 5) is 32.3. The Morgan fingerprint density at radius 2 is 2.04 bits per heavy atom. The van der Waals surface area contributed by atoms with Gasteiger partial charge in [-0.05, 0) is 25.0 Å². The smallest absolute Gasteiger partial charge is 0.257 e. The highest BCUT2D eigenvalue weighted by atomic mass is 16.5. The summed E-state index contributed by atoms with van der Waals surface area (Å²) in [6, 6.07) is 6.59. The minimum atomic E-state index is -0.475. The first kappa shape index (κ1) is 15.9. The molecular formula is C17H18N4O3. The molecule has 0 saturated heterocycles. The van der Waals surface area contributed by atoms with Crippen LogP contribution in [0.2, 0.25) is 0 Å². The Balaban J connectivity index is 1.94. The van der Waals surface area contributed by atoms with Gasteiger partial charge >= 0.3 is 0 Å². The monoisotopic (exact) mass is 326 g/mol. The summed E-state index contributed by atoms with van der Waals surface area (Å²) in [6.07, 6.45) is 1.43. The van der Waals surface area contributed by atoms with Crippen LogP contribution in [-0.2, 0) is 0 Å². The van der Waals surface area contributed by atoms with Crippen LogP contribution < -0.4 is 10.7 Å². The summed E-state index contributed by atoms with van der Waals surface area (Å²) < 4.78 is 5.16. The zero-order chi connectivity index (χ0) is 17.3. The van der Waals surface area contributed by atoms with E-state index in [9.17, 15) is 9.59 Å². The van der Waals surface area contributed by atoms with Gasteiger partial charge in [-0.15, -0.1) is 0 Å². The van der Waals surface area contributed by atoms with E-state index in [0.717, 1.165) is 0 Å². The van der Waals surface area contributed by atoms with Gasteiger partial charge in [0.25, 0.3) is 5.91 Å². The molecule has 0 aliphatic carbocycles. The second kappa shape index (κ2) is 6.27. The number of fused-ring (bicyclic) bond motifs is 1. The number of nitrogens with zero attached hydrogens (tertiary/aromatic N) is 2. The number of hydrogen-bond acceptors (Lipinski definition) is 5. The zero-order valence-corrected chi connectivity index (χ0v) is 13.7. The van der Waals surface area contributed by atoms with Crippen molar-refractivity contribution in [2.75, 3.05) is 0 Å². The van der Waals surface area contributed by atoms with Crippen LogP contribution in [0, 0.1) is 12.8 Å². The topological polar surface area (TPSA) is 101 Å². The Bertz CT molecular complexity index is 942. The largest absolute Gasteiger partial charge is 0.360 e. The molecule has 0 spiro atoms. The van der Waals surface area contributed by atoms with Crippen molar-refractivity contribution in [1.29, 1.82) is 0 Å². The first-order chi connectivity index (χ1) is 11.5. The molecule has 0 bridgehead atoms. The summed E-state index contributed by atoms with van der Waals surface area (Å²) in [5, 5.41) is 7.04. The number of hydrogen-bond donors (Lipinski definition) is 2. The summed E-state index contributed by atoms with van der Waals surface area (Å²) in [5.41, 5.74) is 0.425. The van der Waals surface area contributed by atoms with Crippen LogP contribution in [0.5, 0.6) is 0 Å². The molecule has 0 radical (unpaired) electrons. The molecular weight excluding hydrogens is 308 g/mol. The van der Waals surface area contributed by atoms with Gasteiger partial charge in [0, 0.05) is 17.1 Å². The first-order valence-corrected chi connectivity index (χ1v) is 7.69. The van der Waals surface area contributed by atoms with E-state index in [0.29, 0.717) is 22.6 Å². The molecule has 1 atom stereocenters. The van der Waals surface area contributed by atoms with E-state index in [2.05, 4.69) is 20.4 Å². The molecule has 2 heterocycles. The number of nitrogens with one attached hydrogen (secondary N) is 2. The standard InChI is InChI=1S/C17H18N4O3/c1-9(2)14(17-19-10(3)21-24-17)20-16(23)12-8-18-13-7-5-4-6-11(13)15(12)22/h4-9,14H,1-3H3,(H,18,22)(H,20,23)/t14-/m1/s1. The number of aryl methyl sites for hydroxylation is 1. The van der Waals surface area contributed by atoms with Gasteiger partial charge in [0.05, 0.1) is 0 Å². The van der Waals surface area contributed by atoms with Gasteiger partial charge in [0.2, 0.25) is 11.3 Å². The number of carbonyl (C=O) groups is 1. The number of pyridine rings is 1. The third kappa shape index (κ3) is 2.92. The molecule has 3 aromatic rings. The molecule has 2 N–H and O–H groups in total. The predicted molar refractivity (Wildman–Crippen MR) is 88.6 cm³/mol. The summed E-state index contributed by atoms with van der Waals surface area (Å²) in [5.74, 6) is 0.367. The van der Waals surface area contributed by atoms with Crippen molar-refractivity contribution in [3.63, 3.8) is 0 Å². The highest BCUT2D eigenvalue weighted by Crippen LogP contribution is 2.20. The lowest BCUT2D eigenvalue weighted by atomic mass is 10.0. The Labute approximate surface area is 138 Å². The molecule has 2 aromatic heterocycles. The van der Waals surface area contributed by atoms with Crippen molar-refractivity contribution < 1.29 is 9.32 Å². The van der Waals surface area contributed by atoms with Gasteiger partial charge < -0.3 is 14.8 Å². The fourth-order valence-corrected chi connectivity index (χ4v) is 2.51. The van der Waals surface area contributed by atoms with Gasteiger partial charge in [-0.3, -0.25) is 9.59 Å².